The minimum absolute atomic E-state index is 1.13. The molecule has 0 spiro atoms. The van der Waals surface area contributed by atoms with E-state index in [4.69, 9.17) is 0 Å². The van der Waals surface area contributed by atoms with Crippen molar-refractivity contribution in [1.82, 2.24) is 0 Å². The number of rotatable bonds is 6. The summed E-state index contributed by atoms with van der Waals surface area (Å²) in [5, 5.41) is 0. The van der Waals surface area contributed by atoms with Crippen molar-refractivity contribution in [3.8, 4) is 0 Å². The third kappa shape index (κ3) is 4.83. The standard InChI is InChI=1S/C14H21Br/c1-3-5-6-7-8-13-9-12(4-2)10-14(15)11-13/h9-11H,3-8H2,1-2H3. The second kappa shape index (κ2) is 7.05. The van der Waals surface area contributed by atoms with Crippen LogP contribution in [0.2, 0.25) is 0 Å². The molecule has 1 aromatic carbocycles. The number of hydrogen-bond acceptors (Lipinski definition) is 0. The summed E-state index contributed by atoms with van der Waals surface area (Å²) in [5.74, 6) is 0. The Morgan fingerprint density at radius 1 is 0.933 bits per heavy atom. The summed E-state index contributed by atoms with van der Waals surface area (Å²) in [5.41, 5.74) is 2.92. The van der Waals surface area contributed by atoms with Crippen LogP contribution in [0.15, 0.2) is 22.7 Å². The molecule has 0 aliphatic heterocycles. The Morgan fingerprint density at radius 2 is 1.67 bits per heavy atom. The molecule has 0 aliphatic carbocycles. The van der Waals surface area contributed by atoms with Gasteiger partial charge in [-0.1, -0.05) is 55.1 Å². The monoisotopic (exact) mass is 268 g/mol. The first-order valence-electron chi connectivity index (χ1n) is 6.04. The summed E-state index contributed by atoms with van der Waals surface area (Å²) in [6, 6.07) is 6.82. The largest absolute Gasteiger partial charge is 0.0654 e. The van der Waals surface area contributed by atoms with E-state index in [2.05, 4.69) is 48.0 Å². The molecule has 1 aromatic rings. The van der Waals surface area contributed by atoms with E-state index in [9.17, 15) is 0 Å². The number of unbranched alkanes of at least 4 members (excludes halogenated alkanes) is 3. The first kappa shape index (κ1) is 12.8. The van der Waals surface area contributed by atoms with Crippen molar-refractivity contribution in [2.45, 2.75) is 52.4 Å². The van der Waals surface area contributed by atoms with Gasteiger partial charge in [-0.05, 0) is 42.5 Å². The van der Waals surface area contributed by atoms with Gasteiger partial charge in [-0.25, -0.2) is 0 Å². The van der Waals surface area contributed by atoms with Crippen LogP contribution in [0.1, 0.15) is 50.7 Å². The summed E-state index contributed by atoms with van der Waals surface area (Å²) < 4.78 is 1.23. The lowest BCUT2D eigenvalue weighted by Crippen LogP contribution is -1.89. The molecule has 0 aromatic heterocycles. The number of halogens is 1. The maximum Gasteiger partial charge on any atom is 0.0180 e. The van der Waals surface area contributed by atoms with Crippen LogP contribution >= 0.6 is 15.9 Å². The fraction of sp³-hybridized carbons (Fsp3) is 0.571. The predicted molar refractivity (Wildman–Crippen MR) is 71.4 cm³/mol. The lowest BCUT2D eigenvalue weighted by Gasteiger charge is -2.05. The lowest BCUT2D eigenvalue weighted by atomic mass is 10.0. The Morgan fingerprint density at radius 3 is 2.33 bits per heavy atom. The predicted octanol–water partition coefficient (Wildman–Crippen LogP) is 5.13. The zero-order chi connectivity index (χ0) is 11.1. The molecule has 15 heavy (non-hydrogen) atoms. The molecular formula is C14H21Br. The van der Waals surface area contributed by atoms with Crippen molar-refractivity contribution in [2.24, 2.45) is 0 Å². The Hall–Kier alpha value is -0.300. The van der Waals surface area contributed by atoms with Gasteiger partial charge in [0.05, 0.1) is 0 Å². The van der Waals surface area contributed by atoms with Gasteiger partial charge in [0.2, 0.25) is 0 Å². The van der Waals surface area contributed by atoms with E-state index in [1.165, 1.54) is 47.7 Å². The highest BCUT2D eigenvalue weighted by Crippen LogP contribution is 2.18. The first-order chi connectivity index (χ1) is 7.26. The van der Waals surface area contributed by atoms with Crippen LogP contribution in [-0.4, -0.2) is 0 Å². The number of hydrogen-bond donors (Lipinski definition) is 0. The second-order valence-corrected chi connectivity index (χ2v) is 5.05. The zero-order valence-corrected chi connectivity index (χ0v) is 11.4. The average molecular weight is 269 g/mol. The van der Waals surface area contributed by atoms with E-state index in [1.54, 1.807) is 0 Å². The molecule has 0 atom stereocenters. The third-order valence-electron chi connectivity index (χ3n) is 2.74. The van der Waals surface area contributed by atoms with Crippen molar-refractivity contribution in [2.75, 3.05) is 0 Å². The van der Waals surface area contributed by atoms with Gasteiger partial charge in [-0.15, -0.1) is 0 Å². The molecule has 0 heterocycles. The van der Waals surface area contributed by atoms with Crippen LogP contribution < -0.4 is 0 Å². The van der Waals surface area contributed by atoms with Crippen LogP contribution in [0.5, 0.6) is 0 Å². The molecule has 0 bridgehead atoms. The van der Waals surface area contributed by atoms with Crippen molar-refractivity contribution < 1.29 is 0 Å². The molecule has 0 N–H and O–H groups in total. The summed E-state index contributed by atoms with van der Waals surface area (Å²) >= 11 is 3.58. The van der Waals surface area contributed by atoms with Gasteiger partial charge in [-0.2, -0.15) is 0 Å². The van der Waals surface area contributed by atoms with Gasteiger partial charge in [0.25, 0.3) is 0 Å². The van der Waals surface area contributed by atoms with Crippen molar-refractivity contribution in [3.63, 3.8) is 0 Å². The van der Waals surface area contributed by atoms with Gasteiger partial charge < -0.3 is 0 Å². The van der Waals surface area contributed by atoms with Crippen LogP contribution in [0.25, 0.3) is 0 Å². The molecule has 0 amide bonds. The van der Waals surface area contributed by atoms with Crippen LogP contribution in [0.4, 0.5) is 0 Å². The average Bonchev–Trinajstić information content (AvgIpc) is 2.23. The maximum atomic E-state index is 3.58. The van der Waals surface area contributed by atoms with Gasteiger partial charge in [0.1, 0.15) is 0 Å². The molecule has 0 saturated heterocycles. The van der Waals surface area contributed by atoms with E-state index in [1.807, 2.05) is 0 Å². The minimum atomic E-state index is 1.13. The molecule has 1 heteroatoms. The molecule has 84 valence electrons. The van der Waals surface area contributed by atoms with E-state index in [0.717, 1.165) is 6.42 Å². The minimum Gasteiger partial charge on any atom is -0.0654 e. The Bertz CT molecular complexity index is 291. The zero-order valence-electron chi connectivity index (χ0n) is 9.85. The van der Waals surface area contributed by atoms with E-state index >= 15 is 0 Å². The second-order valence-electron chi connectivity index (χ2n) is 4.13. The molecule has 0 saturated carbocycles. The molecule has 1 rings (SSSR count). The summed E-state index contributed by atoms with van der Waals surface area (Å²) in [7, 11) is 0. The first-order valence-corrected chi connectivity index (χ1v) is 6.84. The molecule has 0 unspecified atom stereocenters. The molecule has 0 aliphatic rings. The highest BCUT2D eigenvalue weighted by molar-refractivity contribution is 9.10. The lowest BCUT2D eigenvalue weighted by molar-refractivity contribution is 0.666. The third-order valence-corrected chi connectivity index (χ3v) is 3.20. The fourth-order valence-electron chi connectivity index (χ4n) is 1.82. The Kier molecular flexibility index (Phi) is 6.00. The smallest absolute Gasteiger partial charge is 0.0180 e. The summed E-state index contributed by atoms with van der Waals surface area (Å²) in [6.45, 7) is 4.47. The normalized spacial score (nSPS) is 10.6. The molecule has 0 fully saturated rings. The van der Waals surface area contributed by atoms with E-state index < -0.39 is 0 Å². The number of benzene rings is 1. The highest BCUT2D eigenvalue weighted by Gasteiger charge is 1.98. The molecular weight excluding hydrogens is 248 g/mol. The van der Waals surface area contributed by atoms with E-state index in [-0.39, 0.29) is 0 Å². The molecule has 0 radical (unpaired) electrons. The van der Waals surface area contributed by atoms with Crippen LogP contribution in [0.3, 0.4) is 0 Å². The SMILES string of the molecule is CCCCCCc1cc(Br)cc(CC)c1. The quantitative estimate of drug-likeness (QED) is 0.628. The Balaban J connectivity index is 2.49. The van der Waals surface area contributed by atoms with Crippen molar-refractivity contribution in [1.29, 1.82) is 0 Å². The topological polar surface area (TPSA) is 0 Å². The van der Waals surface area contributed by atoms with Gasteiger partial charge >= 0.3 is 0 Å². The summed E-state index contributed by atoms with van der Waals surface area (Å²) in [4.78, 5) is 0. The van der Waals surface area contributed by atoms with Crippen molar-refractivity contribution in [3.05, 3.63) is 33.8 Å². The summed E-state index contributed by atoms with van der Waals surface area (Å²) in [6.07, 6.45) is 7.74. The fourth-order valence-corrected chi connectivity index (χ4v) is 2.41. The van der Waals surface area contributed by atoms with Gasteiger partial charge in [0.15, 0.2) is 0 Å². The number of aryl methyl sites for hydroxylation is 2. The highest BCUT2D eigenvalue weighted by atomic mass is 79.9. The van der Waals surface area contributed by atoms with Gasteiger partial charge in [-0.3, -0.25) is 0 Å². The van der Waals surface area contributed by atoms with E-state index in [0.29, 0.717) is 0 Å². The Labute approximate surface area is 102 Å². The van der Waals surface area contributed by atoms with Crippen molar-refractivity contribution >= 4 is 15.9 Å². The molecule has 0 nitrogen and oxygen atoms in total. The van der Waals surface area contributed by atoms with Crippen LogP contribution in [-0.2, 0) is 12.8 Å². The van der Waals surface area contributed by atoms with Gasteiger partial charge in [0, 0.05) is 4.47 Å². The van der Waals surface area contributed by atoms with Crippen LogP contribution in [0, 0.1) is 0 Å². The maximum absolute atomic E-state index is 3.58.